The molecule has 2 aromatic carbocycles. The lowest BCUT2D eigenvalue weighted by molar-refractivity contribution is 0.0735. The molecule has 3 aromatic rings. The molecule has 0 saturated heterocycles. The van der Waals surface area contributed by atoms with Gasteiger partial charge in [0.05, 0.1) is 11.1 Å². The first-order chi connectivity index (χ1) is 9.33. The largest absolute Gasteiger partial charge is 0.423 e. The van der Waals surface area contributed by atoms with Gasteiger partial charge in [0.2, 0.25) is 0 Å². The monoisotopic (exact) mass is 249 g/mol. The van der Waals surface area contributed by atoms with Crippen LogP contribution in [0.3, 0.4) is 0 Å². The first-order valence-electron chi connectivity index (χ1n) is 5.95. The second kappa shape index (κ2) is 4.90. The van der Waals surface area contributed by atoms with Crippen LogP contribution in [0.1, 0.15) is 10.4 Å². The van der Waals surface area contributed by atoms with Gasteiger partial charge in [0.15, 0.2) is 0 Å². The van der Waals surface area contributed by atoms with Crippen LogP contribution in [0.2, 0.25) is 0 Å². The van der Waals surface area contributed by atoms with Crippen LogP contribution < -0.4 is 4.74 Å². The lowest BCUT2D eigenvalue weighted by Gasteiger charge is -2.05. The van der Waals surface area contributed by atoms with Crippen LogP contribution in [-0.2, 0) is 0 Å². The molecular weight excluding hydrogens is 238 g/mol. The molecule has 0 radical (unpaired) electrons. The van der Waals surface area contributed by atoms with Crippen molar-refractivity contribution in [3.8, 4) is 5.75 Å². The maximum Gasteiger partial charge on any atom is 0.343 e. The predicted molar refractivity (Wildman–Crippen MR) is 73.1 cm³/mol. The molecule has 0 amide bonds. The molecule has 1 aromatic heterocycles. The third kappa shape index (κ3) is 2.45. The Morgan fingerprint density at radius 1 is 0.947 bits per heavy atom. The van der Waals surface area contributed by atoms with Gasteiger partial charge in [-0.3, -0.25) is 4.98 Å². The Bertz CT molecular complexity index is 723. The standard InChI is InChI=1S/C16H11NO2/c18-16(13-5-2-1-3-6-13)19-14-9-8-12-7-4-10-17-15(12)11-14/h1-11H. The normalized spacial score (nSPS) is 10.3. The number of carbonyl (C=O) groups excluding carboxylic acids is 1. The molecule has 0 aliphatic heterocycles. The summed E-state index contributed by atoms with van der Waals surface area (Å²) in [4.78, 5) is 16.1. The van der Waals surface area contributed by atoms with Crippen molar-refractivity contribution in [3.63, 3.8) is 0 Å². The molecular formula is C16H11NO2. The number of ether oxygens (including phenoxy) is 1. The molecule has 3 heteroatoms. The number of aromatic nitrogens is 1. The summed E-state index contributed by atoms with van der Waals surface area (Å²) in [6.07, 6.45) is 1.71. The van der Waals surface area contributed by atoms with Crippen molar-refractivity contribution in [3.05, 3.63) is 72.4 Å². The molecule has 0 unspecified atom stereocenters. The molecule has 0 bridgehead atoms. The zero-order valence-corrected chi connectivity index (χ0v) is 10.1. The summed E-state index contributed by atoms with van der Waals surface area (Å²) in [5.74, 6) is 0.135. The summed E-state index contributed by atoms with van der Waals surface area (Å²) in [5, 5.41) is 1.02. The number of carbonyl (C=O) groups is 1. The maximum absolute atomic E-state index is 11.9. The second-order valence-electron chi connectivity index (χ2n) is 4.11. The minimum atomic E-state index is -0.365. The van der Waals surface area contributed by atoms with E-state index in [2.05, 4.69) is 4.98 Å². The Morgan fingerprint density at radius 2 is 1.79 bits per heavy atom. The SMILES string of the molecule is O=C(Oc1ccc2cccnc2c1)c1ccccc1. The van der Waals surface area contributed by atoms with E-state index in [4.69, 9.17) is 4.74 Å². The van der Waals surface area contributed by atoms with Gasteiger partial charge in [-0.25, -0.2) is 4.79 Å². The zero-order chi connectivity index (χ0) is 13.1. The first-order valence-corrected chi connectivity index (χ1v) is 5.95. The van der Waals surface area contributed by atoms with Crippen molar-refractivity contribution in [2.75, 3.05) is 0 Å². The fourth-order valence-electron chi connectivity index (χ4n) is 1.85. The quantitative estimate of drug-likeness (QED) is 0.515. The van der Waals surface area contributed by atoms with Gasteiger partial charge in [0, 0.05) is 17.6 Å². The Labute approximate surface area is 110 Å². The molecule has 0 spiro atoms. The van der Waals surface area contributed by atoms with Gasteiger partial charge in [-0.1, -0.05) is 24.3 Å². The van der Waals surface area contributed by atoms with E-state index in [-0.39, 0.29) is 5.97 Å². The zero-order valence-electron chi connectivity index (χ0n) is 10.1. The van der Waals surface area contributed by atoms with E-state index in [9.17, 15) is 4.79 Å². The van der Waals surface area contributed by atoms with Crippen LogP contribution in [0.15, 0.2) is 66.9 Å². The van der Waals surface area contributed by atoms with Gasteiger partial charge in [-0.05, 0) is 30.3 Å². The average Bonchev–Trinajstić information content (AvgIpc) is 2.48. The highest BCUT2D eigenvalue weighted by atomic mass is 16.5. The average molecular weight is 249 g/mol. The minimum absolute atomic E-state index is 0.365. The lowest BCUT2D eigenvalue weighted by atomic mass is 10.2. The van der Waals surface area contributed by atoms with E-state index < -0.39 is 0 Å². The number of hydrogen-bond acceptors (Lipinski definition) is 3. The highest BCUT2D eigenvalue weighted by molar-refractivity contribution is 5.91. The van der Waals surface area contributed by atoms with Gasteiger partial charge in [0.25, 0.3) is 0 Å². The van der Waals surface area contributed by atoms with Crippen LogP contribution >= 0.6 is 0 Å². The third-order valence-corrected chi connectivity index (χ3v) is 2.80. The Hall–Kier alpha value is -2.68. The molecule has 1 heterocycles. The van der Waals surface area contributed by atoms with E-state index in [1.165, 1.54) is 0 Å². The minimum Gasteiger partial charge on any atom is -0.423 e. The van der Waals surface area contributed by atoms with Crippen molar-refractivity contribution in [1.29, 1.82) is 0 Å². The second-order valence-corrected chi connectivity index (χ2v) is 4.11. The predicted octanol–water partition coefficient (Wildman–Crippen LogP) is 3.45. The number of nitrogens with zero attached hydrogens (tertiary/aromatic N) is 1. The topological polar surface area (TPSA) is 39.2 Å². The fourth-order valence-corrected chi connectivity index (χ4v) is 1.85. The van der Waals surface area contributed by atoms with E-state index in [1.54, 1.807) is 42.6 Å². The van der Waals surface area contributed by atoms with Crippen molar-refractivity contribution in [2.45, 2.75) is 0 Å². The molecule has 0 aliphatic rings. The van der Waals surface area contributed by atoms with Crippen LogP contribution in [0.4, 0.5) is 0 Å². The van der Waals surface area contributed by atoms with Crippen molar-refractivity contribution >= 4 is 16.9 Å². The van der Waals surface area contributed by atoms with Gasteiger partial charge >= 0.3 is 5.97 Å². The van der Waals surface area contributed by atoms with Crippen molar-refractivity contribution in [1.82, 2.24) is 4.98 Å². The fraction of sp³-hybridized carbons (Fsp3) is 0. The lowest BCUT2D eigenvalue weighted by Crippen LogP contribution is -2.07. The van der Waals surface area contributed by atoms with Crippen molar-refractivity contribution in [2.24, 2.45) is 0 Å². The summed E-state index contributed by atoms with van der Waals surface area (Å²) < 4.78 is 5.33. The van der Waals surface area contributed by atoms with E-state index in [1.807, 2.05) is 24.3 Å². The van der Waals surface area contributed by atoms with Gasteiger partial charge < -0.3 is 4.74 Å². The van der Waals surface area contributed by atoms with Gasteiger partial charge in [-0.2, -0.15) is 0 Å². The van der Waals surface area contributed by atoms with Crippen molar-refractivity contribution < 1.29 is 9.53 Å². The first kappa shape index (κ1) is 11.4. The number of esters is 1. The Morgan fingerprint density at radius 3 is 2.63 bits per heavy atom. The highest BCUT2D eigenvalue weighted by Gasteiger charge is 2.08. The number of benzene rings is 2. The van der Waals surface area contributed by atoms with E-state index in [0.717, 1.165) is 10.9 Å². The maximum atomic E-state index is 11.9. The van der Waals surface area contributed by atoms with Gasteiger partial charge in [0.1, 0.15) is 5.75 Å². The molecule has 0 fully saturated rings. The summed E-state index contributed by atoms with van der Waals surface area (Å²) in [6, 6.07) is 18.2. The molecule has 0 aliphatic carbocycles. The Kier molecular flexibility index (Phi) is 2.94. The summed E-state index contributed by atoms with van der Waals surface area (Å²) >= 11 is 0. The number of pyridine rings is 1. The smallest absolute Gasteiger partial charge is 0.343 e. The molecule has 0 atom stereocenters. The molecule has 0 N–H and O–H groups in total. The summed E-state index contributed by atoms with van der Waals surface area (Å²) in [5.41, 5.74) is 1.34. The van der Waals surface area contributed by atoms with Crippen LogP contribution in [0.25, 0.3) is 10.9 Å². The number of fused-ring (bicyclic) bond motifs is 1. The van der Waals surface area contributed by atoms with Gasteiger partial charge in [-0.15, -0.1) is 0 Å². The molecule has 19 heavy (non-hydrogen) atoms. The molecule has 3 nitrogen and oxygen atoms in total. The summed E-state index contributed by atoms with van der Waals surface area (Å²) in [7, 11) is 0. The van der Waals surface area contributed by atoms with Crippen LogP contribution in [-0.4, -0.2) is 11.0 Å². The number of hydrogen-bond donors (Lipinski definition) is 0. The Balaban J connectivity index is 1.87. The molecule has 92 valence electrons. The highest BCUT2D eigenvalue weighted by Crippen LogP contribution is 2.19. The molecule has 3 rings (SSSR count). The molecule has 0 saturated carbocycles. The number of rotatable bonds is 2. The van der Waals surface area contributed by atoms with E-state index in [0.29, 0.717) is 11.3 Å². The van der Waals surface area contributed by atoms with Crippen LogP contribution in [0, 0.1) is 0 Å². The van der Waals surface area contributed by atoms with E-state index >= 15 is 0 Å². The van der Waals surface area contributed by atoms with Crippen LogP contribution in [0.5, 0.6) is 5.75 Å². The third-order valence-electron chi connectivity index (χ3n) is 2.80. The summed E-state index contributed by atoms with van der Waals surface area (Å²) in [6.45, 7) is 0.